The summed E-state index contributed by atoms with van der Waals surface area (Å²) >= 11 is 3.02. The molecule has 0 aromatic carbocycles. The van der Waals surface area contributed by atoms with Gasteiger partial charge in [0.2, 0.25) is 0 Å². The normalized spacial score (nSPS) is 14.1. The zero-order chi connectivity index (χ0) is 13.7. The zero-order valence-corrected chi connectivity index (χ0v) is 14.7. The highest BCUT2D eigenvalue weighted by atomic mass is 33.1. The van der Waals surface area contributed by atoms with Crippen LogP contribution in [0.4, 0.5) is 0 Å². The smallest absolute Gasteiger partial charge is 0.314 e. The second-order valence-electron chi connectivity index (χ2n) is 5.27. The maximum absolute atomic E-state index is 12.9. The van der Waals surface area contributed by atoms with Crippen molar-refractivity contribution in [3.05, 3.63) is 0 Å². The van der Waals surface area contributed by atoms with Gasteiger partial charge in [0.1, 0.15) is 0 Å². The molecule has 0 rings (SSSR count). The van der Waals surface area contributed by atoms with Gasteiger partial charge in [-0.25, -0.2) is 0 Å². The molecule has 0 aliphatic carbocycles. The van der Waals surface area contributed by atoms with Gasteiger partial charge in [0.15, 0.2) is 0 Å². The summed E-state index contributed by atoms with van der Waals surface area (Å²) in [6.45, 7) is 15.2. The highest BCUT2D eigenvalue weighted by Crippen LogP contribution is 2.76. The number of hydrogen-bond donors (Lipinski definition) is 0. The number of hydrogen-bond acceptors (Lipinski definition) is 4. The Morgan fingerprint density at radius 3 is 1.53 bits per heavy atom. The van der Waals surface area contributed by atoms with E-state index in [0.29, 0.717) is 6.61 Å². The van der Waals surface area contributed by atoms with E-state index in [9.17, 15) is 4.57 Å². The third-order valence-electron chi connectivity index (χ3n) is 2.71. The van der Waals surface area contributed by atoms with Crippen LogP contribution in [-0.2, 0) is 9.09 Å². The molecule has 0 saturated heterocycles. The molecule has 0 atom stereocenters. The largest absolute Gasteiger partial charge is 0.314 e. The minimum absolute atomic E-state index is 0.00151. The predicted molar refractivity (Wildman–Crippen MR) is 83.2 cm³/mol. The topological polar surface area (TPSA) is 26.3 Å². The average molecular weight is 298 g/mol. The van der Waals surface area contributed by atoms with Crippen LogP contribution in [0.15, 0.2) is 0 Å². The molecule has 0 aromatic heterocycles. The summed E-state index contributed by atoms with van der Waals surface area (Å²) < 4.78 is 18.5. The Hall–Kier alpha value is 0.890. The summed E-state index contributed by atoms with van der Waals surface area (Å²) in [5, 5.41) is 0. The molecule has 0 fully saturated rings. The average Bonchev–Trinajstić information content (AvgIpc) is 2.16. The molecule has 0 saturated carbocycles. The fourth-order valence-corrected chi connectivity index (χ4v) is 12.3. The van der Waals surface area contributed by atoms with E-state index in [1.807, 2.05) is 6.92 Å². The summed E-state index contributed by atoms with van der Waals surface area (Å²) in [6.07, 6.45) is 1.98. The van der Waals surface area contributed by atoms with Crippen molar-refractivity contribution in [3.8, 4) is 0 Å². The Balaban J connectivity index is 4.86. The van der Waals surface area contributed by atoms with Crippen molar-refractivity contribution in [2.45, 2.75) is 70.8 Å². The van der Waals surface area contributed by atoms with Crippen LogP contribution in [0.3, 0.4) is 0 Å². The van der Waals surface area contributed by atoms with Crippen molar-refractivity contribution in [3.63, 3.8) is 0 Å². The molecular weight excluding hydrogens is 271 g/mol. The van der Waals surface area contributed by atoms with Crippen LogP contribution in [0.5, 0.6) is 0 Å². The van der Waals surface area contributed by atoms with Crippen LogP contribution in [0.1, 0.15) is 61.3 Å². The van der Waals surface area contributed by atoms with Crippen molar-refractivity contribution in [1.29, 1.82) is 0 Å². The van der Waals surface area contributed by atoms with E-state index in [0.717, 1.165) is 12.8 Å². The van der Waals surface area contributed by atoms with Gasteiger partial charge in [-0.05, 0) is 19.8 Å². The van der Waals surface area contributed by atoms with E-state index in [2.05, 4.69) is 41.5 Å². The maximum atomic E-state index is 12.9. The maximum Gasteiger partial charge on any atom is 0.314 e. The fourth-order valence-electron chi connectivity index (χ4n) is 0.964. The molecule has 0 aliphatic heterocycles. The van der Waals surface area contributed by atoms with Gasteiger partial charge in [0.05, 0.1) is 6.61 Å². The van der Waals surface area contributed by atoms with E-state index < -0.39 is 5.77 Å². The lowest BCUT2D eigenvalue weighted by molar-refractivity contribution is 0.357. The van der Waals surface area contributed by atoms with Crippen molar-refractivity contribution in [2.75, 3.05) is 6.61 Å². The summed E-state index contributed by atoms with van der Waals surface area (Å²) in [5.74, 6) is -2.66. The van der Waals surface area contributed by atoms with Crippen LogP contribution in [0.25, 0.3) is 0 Å². The highest BCUT2D eigenvalue weighted by Gasteiger charge is 2.37. The molecule has 2 nitrogen and oxygen atoms in total. The third-order valence-corrected chi connectivity index (χ3v) is 11.6. The highest BCUT2D eigenvalue weighted by molar-refractivity contribution is 8.89. The lowest BCUT2D eigenvalue weighted by atomic mass is 10.1. The summed E-state index contributed by atoms with van der Waals surface area (Å²) in [6, 6.07) is 0. The van der Waals surface area contributed by atoms with Crippen molar-refractivity contribution < 1.29 is 9.09 Å². The van der Waals surface area contributed by atoms with E-state index in [1.54, 1.807) is 0 Å². The van der Waals surface area contributed by atoms with Crippen LogP contribution in [0, 0.1) is 0 Å². The first kappa shape index (κ1) is 17.9. The van der Waals surface area contributed by atoms with Gasteiger partial charge < -0.3 is 4.52 Å². The van der Waals surface area contributed by atoms with Gasteiger partial charge in [-0.1, -0.05) is 64.3 Å². The quantitative estimate of drug-likeness (QED) is 0.515. The van der Waals surface area contributed by atoms with Crippen LogP contribution >= 0.6 is 28.5 Å². The lowest BCUT2D eigenvalue weighted by Gasteiger charge is -2.32. The van der Waals surface area contributed by atoms with Gasteiger partial charge in [-0.3, -0.25) is 4.57 Å². The second kappa shape index (κ2) is 6.88. The SMILES string of the molecule is CCOP(=O)(SC(C)(C)CC)SC(C)(C)CC. The van der Waals surface area contributed by atoms with Gasteiger partial charge >= 0.3 is 5.77 Å². The molecule has 0 aromatic rings. The Bertz CT molecular complexity index is 256. The molecule has 0 bridgehead atoms. The second-order valence-corrected chi connectivity index (χ2v) is 13.7. The standard InChI is InChI=1S/C12H27O2PS2/c1-8-11(4,5)16-15(13,14-10-3)17-12(6,7)9-2/h8-10H2,1-7H3. The first-order chi connectivity index (χ1) is 7.60. The molecule has 0 heterocycles. The molecule has 0 aliphatic rings. The molecule has 5 heteroatoms. The Kier molecular flexibility index (Phi) is 7.24. The first-order valence-electron chi connectivity index (χ1n) is 6.26. The molecule has 0 radical (unpaired) electrons. The monoisotopic (exact) mass is 298 g/mol. The van der Waals surface area contributed by atoms with E-state index in [1.165, 1.54) is 22.8 Å². The van der Waals surface area contributed by atoms with Gasteiger partial charge in [0, 0.05) is 9.49 Å². The molecular formula is C12H27O2PS2. The minimum Gasteiger partial charge on any atom is -0.314 e. The predicted octanol–water partition coefficient (Wildman–Crippen LogP) is 5.97. The van der Waals surface area contributed by atoms with Gasteiger partial charge in [-0.2, -0.15) is 0 Å². The Morgan fingerprint density at radius 1 is 0.941 bits per heavy atom. The summed E-state index contributed by atoms with van der Waals surface area (Å²) in [4.78, 5) is 0. The molecule has 0 unspecified atom stereocenters. The van der Waals surface area contributed by atoms with E-state index in [-0.39, 0.29) is 9.49 Å². The fraction of sp³-hybridized carbons (Fsp3) is 1.00. The van der Waals surface area contributed by atoms with Crippen LogP contribution < -0.4 is 0 Å². The molecule has 17 heavy (non-hydrogen) atoms. The zero-order valence-electron chi connectivity index (χ0n) is 12.2. The van der Waals surface area contributed by atoms with Crippen molar-refractivity contribution >= 4 is 28.5 Å². The summed E-state index contributed by atoms with van der Waals surface area (Å²) in [7, 11) is 0. The molecule has 0 spiro atoms. The van der Waals surface area contributed by atoms with Crippen molar-refractivity contribution in [1.82, 2.24) is 0 Å². The van der Waals surface area contributed by atoms with Crippen LogP contribution in [0.2, 0.25) is 0 Å². The Morgan fingerprint density at radius 2 is 1.29 bits per heavy atom. The lowest BCUT2D eigenvalue weighted by Crippen LogP contribution is -2.15. The van der Waals surface area contributed by atoms with E-state index >= 15 is 0 Å². The van der Waals surface area contributed by atoms with E-state index in [4.69, 9.17) is 4.52 Å². The third kappa shape index (κ3) is 7.15. The minimum atomic E-state index is -2.66. The molecule has 0 amide bonds. The summed E-state index contributed by atoms with van der Waals surface area (Å²) in [5.41, 5.74) is 0. The molecule has 0 N–H and O–H groups in total. The Labute approximate surface area is 115 Å². The van der Waals surface area contributed by atoms with Gasteiger partial charge in [0.25, 0.3) is 0 Å². The number of rotatable bonds is 8. The van der Waals surface area contributed by atoms with Crippen molar-refractivity contribution in [2.24, 2.45) is 0 Å². The first-order valence-corrected chi connectivity index (χ1v) is 10.7. The van der Waals surface area contributed by atoms with Crippen LogP contribution in [-0.4, -0.2) is 16.1 Å². The van der Waals surface area contributed by atoms with Gasteiger partial charge in [-0.15, -0.1) is 0 Å². The molecule has 104 valence electrons.